The predicted octanol–water partition coefficient (Wildman–Crippen LogP) is 3.85. The highest BCUT2D eigenvalue weighted by atomic mass is 79.9. The Morgan fingerprint density at radius 2 is 2.05 bits per heavy atom. The minimum absolute atomic E-state index is 0.692. The van der Waals surface area contributed by atoms with Crippen molar-refractivity contribution in [3.05, 3.63) is 57.2 Å². The molecule has 2 aromatic rings. The summed E-state index contributed by atoms with van der Waals surface area (Å²) in [6, 6.07) is 10.2. The normalized spacial score (nSPS) is 10.6. The number of anilines is 1. The molecule has 2 rings (SSSR count). The van der Waals surface area contributed by atoms with Gasteiger partial charge in [-0.05, 0) is 30.3 Å². The van der Waals surface area contributed by atoms with Crippen molar-refractivity contribution in [3.63, 3.8) is 0 Å². The Morgan fingerprint density at radius 3 is 2.75 bits per heavy atom. The number of nitrogens with one attached hydrogen (secondary N) is 1. The lowest BCUT2D eigenvalue weighted by molar-refractivity contribution is 0.811. The van der Waals surface area contributed by atoms with Gasteiger partial charge in [0.1, 0.15) is 5.82 Å². The van der Waals surface area contributed by atoms with E-state index in [0.29, 0.717) is 5.02 Å². The maximum absolute atomic E-state index is 6.14. The molecule has 0 unspecified atom stereocenters. The van der Waals surface area contributed by atoms with Gasteiger partial charge in [-0.25, -0.2) is 4.98 Å². The van der Waals surface area contributed by atoms with Crippen LogP contribution in [0.5, 0.6) is 0 Å². The number of benzene rings is 1. The number of halogens is 2. The number of hydrogen-bond acceptors (Lipinski definition) is 3. The maximum atomic E-state index is 6.14. The average molecular weight is 355 g/mol. The quantitative estimate of drug-likeness (QED) is 0.884. The van der Waals surface area contributed by atoms with Crippen LogP contribution in [0.2, 0.25) is 5.02 Å². The van der Waals surface area contributed by atoms with Crippen LogP contribution in [0.25, 0.3) is 0 Å². The van der Waals surface area contributed by atoms with Crippen molar-refractivity contribution >= 4 is 33.3 Å². The highest BCUT2D eigenvalue weighted by Crippen LogP contribution is 2.23. The van der Waals surface area contributed by atoms with E-state index in [0.717, 1.165) is 28.9 Å². The van der Waals surface area contributed by atoms with E-state index in [-0.39, 0.29) is 0 Å². The van der Waals surface area contributed by atoms with Crippen molar-refractivity contribution in [1.29, 1.82) is 0 Å². The molecule has 106 valence electrons. The molecule has 3 nitrogen and oxygen atoms in total. The van der Waals surface area contributed by atoms with E-state index in [1.54, 1.807) is 6.20 Å². The topological polar surface area (TPSA) is 28.2 Å². The van der Waals surface area contributed by atoms with E-state index in [1.807, 2.05) is 38.4 Å². The molecule has 0 amide bonds. The zero-order chi connectivity index (χ0) is 14.5. The first kappa shape index (κ1) is 15.3. The van der Waals surface area contributed by atoms with Crippen LogP contribution in [0.1, 0.15) is 11.1 Å². The molecule has 0 fully saturated rings. The molecular formula is C15H17BrClN3. The molecule has 1 aromatic heterocycles. The summed E-state index contributed by atoms with van der Waals surface area (Å²) in [5, 5.41) is 3.80. The highest BCUT2D eigenvalue weighted by Gasteiger charge is 2.09. The fourth-order valence-corrected chi connectivity index (χ4v) is 2.55. The Kier molecular flexibility index (Phi) is 5.40. The van der Waals surface area contributed by atoms with Gasteiger partial charge in [0.15, 0.2) is 0 Å². The largest absolute Gasteiger partial charge is 0.355 e. The van der Waals surface area contributed by atoms with Crippen molar-refractivity contribution in [1.82, 2.24) is 10.3 Å². The summed E-state index contributed by atoms with van der Waals surface area (Å²) in [5.74, 6) is 0.912. The molecule has 1 aromatic carbocycles. The lowest BCUT2D eigenvalue weighted by Gasteiger charge is -2.20. The van der Waals surface area contributed by atoms with Crippen LogP contribution in [0.15, 0.2) is 41.0 Å². The Morgan fingerprint density at radius 1 is 1.30 bits per heavy atom. The molecule has 0 saturated carbocycles. The van der Waals surface area contributed by atoms with Crippen LogP contribution in [0.3, 0.4) is 0 Å². The van der Waals surface area contributed by atoms with Gasteiger partial charge in [0.05, 0.1) is 5.02 Å². The van der Waals surface area contributed by atoms with Gasteiger partial charge in [-0.15, -0.1) is 0 Å². The van der Waals surface area contributed by atoms with Gasteiger partial charge in [0.2, 0.25) is 0 Å². The third kappa shape index (κ3) is 3.72. The first-order valence-corrected chi connectivity index (χ1v) is 7.52. The zero-order valence-corrected chi connectivity index (χ0v) is 13.9. The van der Waals surface area contributed by atoms with Gasteiger partial charge in [-0.1, -0.05) is 45.7 Å². The minimum atomic E-state index is 0.692. The molecule has 0 spiro atoms. The summed E-state index contributed by atoms with van der Waals surface area (Å²) in [7, 11) is 3.93. The fourth-order valence-electron chi connectivity index (χ4n) is 1.97. The Bertz CT molecular complexity index is 589. The van der Waals surface area contributed by atoms with Gasteiger partial charge in [-0.3, -0.25) is 0 Å². The van der Waals surface area contributed by atoms with Crippen molar-refractivity contribution in [2.75, 3.05) is 19.0 Å². The number of aromatic nitrogens is 1. The smallest absolute Gasteiger partial charge is 0.128 e. The predicted molar refractivity (Wildman–Crippen MR) is 88.3 cm³/mol. The molecule has 0 aliphatic heterocycles. The molecular weight excluding hydrogens is 338 g/mol. The van der Waals surface area contributed by atoms with E-state index in [2.05, 4.69) is 37.2 Å². The summed E-state index contributed by atoms with van der Waals surface area (Å²) in [4.78, 5) is 6.50. The van der Waals surface area contributed by atoms with Crippen LogP contribution < -0.4 is 10.2 Å². The molecule has 20 heavy (non-hydrogen) atoms. The second-order valence-electron chi connectivity index (χ2n) is 4.61. The average Bonchev–Trinajstić information content (AvgIpc) is 2.44. The van der Waals surface area contributed by atoms with Gasteiger partial charge < -0.3 is 10.2 Å². The molecule has 0 saturated heterocycles. The number of rotatable bonds is 5. The van der Waals surface area contributed by atoms with Gasteiger partial charge in [0.25, 0.3) is 0 Å². The van der Waals surface area contributed by atoms with Crippen LogP contribution in [-0.4, -0.2) is 19.1 Å². The van der Waals surface area contributed by atoms with Crippen molar-refractivity contribution < 1.29 is 0 Å². The van der Waals surface area contributed by atoms with Gasteiger partial charge in [0, 0.05) is 30.8 Å². The monoisotopic (exact) mass is 353 g/mol. The van der Waals surface area contributed by atoms with E-state index >= 15 is 0 Å². The molecule has 0 aliphatic rings. The lowest BCUT2D eigenvalue weighted by Crippen LogP contribution is -2.18. The Hall–Kier alpha value is -1.10. The standard InChI is InChI=1S/C15H17BrClN3/c1-18-8-12-7-15(19-9-14(12)17)20(2)10-11-5-3-4-6-13(11)16/h3-7,9,18H,8,10H2,1-2H3. The van der Waals surface area contributed by atoms with E-state index in [1.165, 1.54) is 5.56 Å². The van der Waals surface area contributed by atoms with Crippen molar-refractivity contribution in [3.8, 4) is 0 Å². The molecule has 0 radical (unpaired) electrons. The molecule has 5 heteroatoms. The SMILES string of the molecule is CNCc1cc(N(C)Cc2ccccc2Br)ncc1Cl. The first-order valence-electron chi connectivity index (χ1n) is 6.35. The summed E-state index contributed by atoms with van der Waals surface area (Å²) in [6.07, 6.45) is 1.71. The molecule has 0 aliphatic carbocycles. The van der Waals surface area contributed by atoms with Crippen LogP contribution in [-0.2, 0) is 13.1 Å². The summed E-state index contributed by atoms with van der Waals surface area (Å²) in [5.41, 5.74) is 2.28. The Labute approximate surface area is 133 Å². The second kappa shape index (κ2) is 7.07. The lowest BCUT2D eigenvalue weighted by atomic mass is 10.2. The van der Waals surface area contributed by atoms with Crippen molar-refractivity contribution in [2.45, 2.75) is 13.1 Å². The van der Waals surface area contributed by atoms with Gasteiger partial charge in [-0.2, -0.15) is 0 Å². The third-order valence-corrected chi connectivity index (χ3v) is 4.16. The van der Waals surface area contributed by atoms with Crippen LogP contribution >= 0.6 is 27.5 Å². The van der Waals surface area contributed by atoms with E-state index < -0.39 is 0 Å². The molecule has 1 N–H and O–H groups in total. The second-order valence-corrected chi connectivity index (χ2v) is 5.87. The van der Waals surface area contributed by atoms with Crippen LogP contribution in [0.4, 0.5) is 5.82 Å². The number of hydrogen-bond donors (Lipinski definition) is 1. The Balaban J connectivity index is 2.19. The number of nitrogens with zero attached hydrogens (tertiary/aromatic N) is 2. The highest BCUT2D eigenvalue weighted by molar-refractivity contribution is 9.10. The minimum Gasteiger partial charge on any atom is -0.355 e. The maximum Gasteiger partial charge on any atom is 0.128 e. The van der Waals surface area contributed by atoms with Crippen LogP contribution in [0, 0.1) is 0 Å². The third-order valence-electron chi connectivity index (χ3n) is 3.04. The summed E-state index contributed by atoms with van der Waals surface area (Å²) in [6.45, 7) is 1.52. The molecule has 1 heterocycles. The first-order chi connectivity index (χ1) is 9.61. The summed E-state index contributed by atoms with van der Waals surface area (Å²) < 4.78 is 1.11. The van der Waals surface area contributed by atoms with E-state index in [4.69, 9.17) is 11.6 Å². The van der Waals surface area contributed by atoms with Crippen molar-refractivity contribution in [2.24, 2.45) is 0 Å². The summed E-state index contributed by atoms with van der Waals surface area (Å²) >= 11 is 9.71. The molecule has 0 bridgehead atoms. The van der Waals surface area contributed by atoms with E-state index in [9.17, 15) is 0 Å². The zero-order valence-electron chi connectivity index (χ0n) is 11.5. The molecule has 0 atom stereocenters. The van der Waals surface area contributed by atoms with Gasteiger partial charge >= 0.3 is 0 Å². The number of pyridine rings is 1. The fraction of sp³-hybridized carbons (Fsp3) is 0.267.